The van der Waals surface area contributed by atoms with Crippen molar-refractivity contribution >= 4 is 29.2 Å². The zero-order valence-corrected chi connectivity index (χ0v) is 16.4. The molecule has 5 nitrogen and oxygen atoms in total. The number of nitrogens with zero attached hydrogens (tertiary/aromatic N) is 2. The number of anilines is 1. The predicted molar refractivity (Wildman–Crippen MR) is 108 cm³/mol. The summed E-state index contributed by atoms with van der Waals surface area (Å²) in [4.78, 5) is 28.6. The van der Waals surface area contributed by atoms with Gasteiger partial charge in [-0.15, -0.1) is 0 Å². The van der Waals surface area contributed by atoms with Gasteiger partial charge < -0.3 is 15.1 Å². The topological polar surface area (TPSA) is 52.7 Å². The number of carbonyl (C=O) groups is 2. The maximum atomic E-state index is 12.6. The second-order valence-electron chi connectivity index (χ2n) is 6.85. The third kappa shape index (κ3) is 4.61. The highest BCUT2D eigenvalue weighted by Gasteiger charge is 2.21. The van der Waals surface area contributed by atoms with E-state index in [0.717, 1.165) is 31.5 Å². The molecule has 0 aromatic heterocycles. The van der Waals surface area contributed by atoms with Crippen LogP contribution in [0.2, 0.25) is 5.02 Å². The Hall–Kier alpha value is -2.53. The monoisotopic (exact) mass is 385 g/mol. The fourth-order valence-electron chi connectivity index (χ4n) is 3.19. The highest BCUT2D eigenvalue weighted by molar-refractivity contribution is 6.30. The van der Waals surface area contributed by atoms with E-state index in [0.29, 0.717) is 16.3 Å². The van der Waals surface area contributed by atoms with Crippen LogP contribution in [0.15, 0.2) is 48.5 Å². The first kappa shape index (κ1) is 19.2. The van der Waals surface area contributed by atoms with Crippen molar-refractivity contribution < 1.29 is 9.59 Å². The van der Waals surface area contributed by atoms with E-state index >= 15 is 0 Å². The second-order valence-corrected chi connectivity index (χ2v) is 7.29. The smallest absolute Gasteiger partial charge is 0.322 e. The van der Waals surface area contributed by atoms with Crippen LogP contribution < -0.4 is 5.32 Å². The number of rotatable bonds is 4. The van der Waals surface area contributed by atoms with Crippen LogP contribution in [0.4, 0.5) is 10.5 Å². The first-order chi connectivity index (χ1) is 13.0. The molecule has 0 aliphatic carbocycles. The molecule has 3 amide bonds. The molecule has 27 heavy (non-hydrogen) atoms. The van der Waals surface area contributed by atoms with Gasteiger partial charge in [-0.1, -0.05) is 29.8 Å². The van der Waals surface area contributed by atoms with E-state index < -0.39 is 0 Å². The Bertz CT molecular complexity index is 816. The minimum Gasteiger partial charge on any atom is -0.339 e. The molecular weight excluding hydrogens is 362 g/mol. The average Bonchev–Trinajstić information content (AvgIpc) is 3.22. The van der Waals surface area contributed by atoms with Gasteiger partial charge in [0.15, 0.2) is 0 Å². The molecule has 1 atom stereocenters. The molecule has 3 rings (SSSR count). The quantitative estimate of drug-likeness (QED) is 0.821. The molecule has 1 fully saturated rings. The van der Waals surface area contributed by atoms with Crippen molar-refractivity contribution in [3.63, 3.8) is 0 Å². The fourth-order valence-corrected chi connectivity index (χ4v) is 3.31. The van der Waals surface area contributed by atoms with Crippen LogP contribution in [0.3, 0.4) is 0 Å². The van der Waals surface area contributed by atoms with E-state index in [2.05, 4.69) is 5.32 Å². The molecule has 1 aliphatic heterocycles. The Balaban J connectivity index is 1.67. The maximum absolute atomic E-state index is 12.6. The molecule has 0 unspecified atom stereocenters. The molecule has 1 N–H and O–H groups in total. The summed E-state index contributed by atoms with van der Waals surface area (Å²) in [6.45, 7) is 3.56. The summed E-state index contributed by atoms with van der Waals surface area (Å²) in [5, 5.41) is 3.54. The largest absolute Gasteiger partial charge is 0.339 e. The lowest BCUT2D eigenvalue weighted by molar-refractivity contribution is 0.0793. The zero-order valence-electron chi connectivity index (χ0n) is 15.6. The van der Waals surface area contributed by atoms with E-state index in [1.165, 1.54) is 0 Å². The highest BCUT2D eigenvalue weighted by Crippen LogP contribution is 2.22. The SMILES string of the molecule is C[C@@H](c1ccc(Cl)cc1)N(C)C(=O)Nc1cccc(C(=O)N2CCCC2)c1. The van der Waals surface area contributed by atoms with Crippen molar-refractivity contribution in [1.29, 1.82) is 0 Å². The van der Waals surface area contributed by atoms with E-state index in [1.807, 2.05) is 36.1 Å². The number of likely N-dealkylation sites (tertiary alicyclic amines) is 1. The Labute approximate surface area is 164 Å². The molecule has 2 aromatic rings. The number of urea groups is 1. The van der Waals surface area contributed by atoms with Crippen molar-refractivity contribution in [3.05, 3.63) is 64.7 Å². The number of hydrogen-bond donors (Lipinski definition) is 1. The Morgan fingerprint density at radius 1 is 1.11 bits per heavy atom. The Morgan fingerprint density at radius 3 is 2.44 bits per heavy atom. The van der Waals surface area contributed by atoms with Crippen LogP contribution in [-0.2, 0) is 0 Å². The molecule has 142 valence electrons. The third-order valence-corrected chi connectivity index (χ3v) is 5.26. The van der Waals surface area contributed by atoms with E-state index in [9.17, 15) is 9.59 Å². The molecule has 6 heteroatoms. The number of benzene rings is 2. The molecule has 1 aliphatic rings. The highest BCUT2D eigenvalue weighted by atomic mass is 35.5. The number of nitrogens with one attached hydrogen (secondary N) is 1. The molecule has 0 spiro atoms. The first-order valence-corrected chi connectivity index (χ1v) is 9.52. The van der Waals surface area contributed by atoms with Crippen LogP contribution in [0.25, 0.3) is 0 Å². The molecule has 1 saturated heterocycles. The lowest BCUT2D eigenvalue weighted by Gasteiger charge is -2.26. The molecule has 0 saturated carbocycles. The van der Waals surface area contributed by atoms with Gasteiger partial charge in [-0.2, -0.15) is 0 Å². The Kier molecular flexibility index (Phi) is 6.01. The molecule has 2 aromatic carbocycles. The van der Waals surface area contributed by atoms with Gasteiger partial charge in [-0.05, 0) is 55.7 Å². The van der Waals surface area contributed by atoms with E-state index in [1.54, 1.807) is 36.2 Å². The van der Waals surface area contributed by atoms with Crippen LogP contribution in [0.5, 0.6) is 0 Å². The molecule has 0 bridgehead atoms. The van der Waals surface area contributed by atoms with Crippen molar-refractivity contribution in [2.24, 2.45) is 0 Å². The van der Waals surface area contributed by atoms with Crippen molar-refractivity contribution in [3.8, 4) is 0 Å². The van der Waals surface area contributed by atoms with Gasteiger partial charge in [-0.3, -0.25) is 4.79 Å². The van der Waals surface area contributed by atoms with Gasteiger partial charge >= 0.3 is 6.03 Å². The molecular formula is C21H24ClN3O2. The first-order valence-electron chi connectivity index (χ1n) is 9.14. The molecule has 1 heterocycles. The maximum Gasteiger partial charge on any atom is 0.322 e. The summed E-state index contributed by atoms with van der Waals surface area (Å²) >= 11 is 5.93. The van der Waals surface area contributed by atoms with Crippen LogP contribution in [0.1, 0.15) is 41.7 Å². The summed E-state index contributed by atoms with van der Waals surface area (Å²) in [6, 6.07) is 14.2. The van der Waals surface area contributed by atoms with Crippen molar-refractivity contribution in [2.75, 3.05) is 25.5 Å². The minimum atomic E-state index is -0.233. The lowest BCUT2D eigenvalue weighted by Crippen LogP contribution is -2.33. The second kappa shape index (κ2) is 8.44. The summed E-state index contributed by atoms with van der Waals surface area (Å²) in [7, 11) is 1.74. The van der Waals surface area contributed by atoms with E-state index in [-0.39, 0.29) is 18.0 Å². The normalized spacial score (nSPS) is 14.7. The standard InChI is InChI=1S/C21H24ClN3O2/c1-15(16-8-10-18(22)11-9-16)24(2)21(27)23-19-7-5-6-17(14-19)20(26)25-12-3-4-13-25/h5-11,14-15H,3-4,12-13H2,1-2H3,(H,23,27)/t15-/m0/s1. The van der Waals surface area contributed by atoms with Crippen LogP contribution >= 0.6 is 11.6 Å². The van der Waals surface area contributed by atoms with Gasteiger partial charge in [-0.25, -0.2) is 4.79 Å². The number of halogens is 1. The van der Waals surface area contributed by atoms with E-state index in [4.69, 9.17) is 11.6 Å². The summed E-state index contributed by atoms with van der Waals surface area (Å²) in [6.07, 6.45) is 2.10. The summed E-state index contributed by atoms with van der Waals surface area (Å²) in [5.41, 5.74) is 2.21. The van der Waals surface area contributed by atoms with Gasteiger partial charge in [0.1, 0.15) is 0 Å². The number of amides is 3. The van der Waals surface area contributed by atoms with Gasteiger partial charge in [0.2, 0.25) is 0 Å². The van der Waals surface area contributed by atoms with Crippen molar-refractivity contribution in [1.82, 2.24) is 9.80 Å². The van der Waals surface area contributed by atoms with Gasteiger partial charge in [0.05, 0.1) is 6.04 Å². The third-order valence-electron chi connectivity index (χ3n) is 5.01. The number of carbonyl (C=O) groups excluding carboxylic acids is 2. The number of hydrogen-bond acceptors (Lipinski definition) is 2. The van der Waals surface area contributed by atoms with Gasteiger partial charge in [0.25, 0.3) is 5.91 Å². The van der Waals surface area contributed by atoms with Crippen molar-refractivity contribution in [2.45, 2.75) is 25.8 Å². The minimum absolute atomic E-state index is 0.0199. The zero-order chi connectivity index (χ0) is 19.4. The summed E-state index contributed by atoms with van der Waals surface area (Å²) < 4.78 is 0. The van der Waals surface area contributed by atoms with Crippen LogP contribution in [-0.4, -0.2) is 41.9 Å². The lowest BCUT2D eigenvalue weighted by atomic mass is 10.1. The average molecular weight is 386 g/mol. The fraction of sp³-hybridized carbons (Fsp3) is 0.333. The Morgan fingerprint density at radius 2 is 1.78 bits per heavy atom. The predicted octanol–water partition coefficient (Wildman–Crippen LogP) is 4.80. The summed E-state index contributed by atoms with van der Waals surface area (Å²) in [5.74, 6) is 0.0199. The van der Waals surface area contributed by atoms with Crippen LogP contribution in [0, 0.1) is 0 Å². The molecule has 0 radical (unpaired) electrons. The van der Waals surface area contributed by atoms with Gasteiger partial charge in [0, 0.05) is 36.4 Å².